The Bertz CT molecular complexity index is 862. The van der Waals surface area contributed by atoms with Gasteiger partial charge in [-0.3, -0.25) is 4.90 Å². The fourth-order valence-electron chi connectivity index (χ4n) is 3.92. The van der Waals surface area contributed by atoms with Crippen LogP contribution in [-0.4, -0.2) is 39.1 Å². The topological polar surface area (TPSA) is 43.2 Å². The Morgan fingerprint density at radius 1 is 0.960 bits per heavy atom. The zero-order valence-corrected chi connectivity index (χ0v) is 14.0. The predicted octanol–water partition coefficient (Wildman–Crippen LogP) is 2.90. The van der Waals surface area contributed by atoms with Crippen LogP contribution >= 0.6 is 0 Å². The summed E-state index contributed by atoms with van der Waals surface area (Å²) in [6.07, 6.45) is 0.196. The minimum atomic E-state index is 0.196. The van der Waals surface area contributed by atoms with E-state index >= 15 is 0 Å². The molecule has 1 saturated heterocycles. The Balaban J connectivity index is 1.40. The fourth-order valence-corrected chi connectivity index (χ4v) is 3.92. The number of likely N-dealkylation sites (tertiary alicyclic amines) is 1. The van der Waals surface area contributed by atoms with Crippen molar-refractivity contribution in [2.24, 2.45) is 0 Å². The highest BCUT2D eigenvalue weighted by Crippen LogP contribution is 2.34. The molecule has 1 fully saturated rings. The minimum absolute atomic E-state index is 0.196. The zero-order chi connectivity index (χ0) is 16.6. The van der Waals surface area contributed by atoms with E-state index in [0.29, 0.717) is 6.61 Å². The van der Waals surface area contributed by atoms with Gasteiger partial charge in [0, 0.05) is 25.2 Å². The summed E-state index contributed by atoms with van der Waals surface area (Å²) >= 11 is 0. The monoisotopic (exact) mass is 332 g/mol. The molecule has 126 valence electrons. The van der Waals surface area contributed by atoms with Gasteiger partial charge in [0.05, 0.1) is 24.4 Å². The van der Waals surface area contributed by atoms with Crippen molar-refractivity contribution in [3.8, 4) is 11.3 Å². The molecule has 0 radical (unpaired) electrons. The van der Waals surface area contributed by atoms with E-state index in [-0.39, 0.29) is 12.1 Å². The first-order valence-corrected chi connectivity index (χ1v) is 8.76. The smallest absolute Gasteiger partial charge is 0.118 e. The van der Waals surface area contributed by atoms with Gasteiger partial charge in [-0.2, -0.15) is 0 Å². The molecular weight excluding hydrogens is 312 g/mol. The lowest BCUT2D eigenvalue weighted by Gasteiger charge is -2.26. The molecule has 5 nitrogen and oxygen atoms in total. The van der Waals surface area contributed by atoms with E-state index in [0.717, 1.165) is 36.6 Å². The van der Waals surface area contributed by atoms with Crippen molar-refractivity contribution < 1.29 is 4.74 Å². The molecule has 0 spiro atoms. The van der Waals surface area contributed by atoms with Gasteiger partial charge in [-0.15, -0.1) is 5.10 Å². The first kappa shape index (κ1) is 14.8. The van der Waals surface area contributed by atoms with Crippen LogP contribution in [0.2, 0.25) is 0 Å². The van der Waals surface area contributed by atoms with Gasteiger partial charge in [-0.05, 0) is 5.56 Å². The minimum Gasteiger partial charge on any atom is -0.368 e. The van der Waals surface area contributed by atoms with E-state index in [1.165, 1.54) is 5.56 Å². The second-order valence-electron chi connectivity index (χ2n) is 6.79. The van der Waals surface area contributed by atoms with Crippen molar-refractivity contribution >= 4 is 0 Å². The number of benzene rings is 2. The summed E-state index contributed by atoms with van der Waals surface area (Å²) in [5.41, 5.74) is 4.48. The van der Waals surface area contributed by atoms with Crippen LogP contribution in [0.25, 0.3) is 11.3 Å². The molecule has 25 heavy (non-hydrogen) atoms. The Kier molecular flexibility index (Phi) is 3.61. The number of hydrogen-bond acceptors (Lipinski definition) is 4. The van der Waals surface area contributed by atoms with Gasteiger partial charge < -0.3 is 4.74 Å². The van der Waals surface area contributed by atoms with E-state index in [9.17, 15) is 0 Å². The number of hydrogen-bond donors (Lipinski definition) is 0. The molecule has 0 N–H and O–H groups in total. The van der Waals surface area contributed by atoms with E-state index in [2.05, 4.69) is 62.4 Å². The predicted molar refractivity (Wildman–Crippen MR) is 94.8 cm³/mol. The fraction of sp³-hybridized carbons (Fsp3) is 0.300. The summed E-state index contributed by atoms with van der Waals surface area (Å²) in [5.74, 6) is 0. The van der Waals surface area contributed by atoms with E-state index in [1.807, 2.05) is 18.2 Å². The Morgan fingerprint density at radius 3 is 2.52 bits per heavy atom. The number of aromatic nitrogens is 3. The van der Waals surface area contributed by atoms with E-state index < -0.39 is 0 Å². The van der Waals surface area contributed by atoms with Crippen LogP contribution in [0, 0.1) is 0 Å². The van der Waals surface area contributed by atoms with Crippen LogP contribution in [-0.2, 0) is 17.9 Å². The maximum atomic E-state index is 6.17. The SMILES string of the molecule is c1ccc(CN2CC3OCc4c(-c5ccccc5)nnn4C3C2)cc1. The third kappa shape index (κ3) is 2.65. The largest absolute Gasteiger partial charge is 0.368 e. The molecule has 3 heterocycles. The number of ether oxygens (including phenoxy) is 1. The first-order valence-electron chi connectivity index (χ1n) is 8.76. The highest BCUT2D eigenvalue weighted by atomic mass is 16.5. The van der Waals surface area contributed by atoms with Gasteiger partial charge in [-0.25, -0.2) is 4.68 Å². The Hall–Kier alpha value is -2.50. The standard InChI is InChI=1S/C20H20N4O/c1-3-7-15(8-4-1)11-23-12-17-19(13-23)25-14-18-20(21-22-24(17)18)16-9-5-2-6-10-16/h1-10,17,19H,11-14H2. The highest BCUT2D eigenvalue weighted by Gasteiger charge is 2.40. The maximum Gasteiger partial charge on any atom is 0.118 e. The highest BCUT2D eigenvalue weighted by molar-refractivity contribution is 5.61. The Morgan fingerprint density at radius 2 is 1.72 bits per heavy atom. The van der Waals surface area contributed by atoms with Crippen molar-refractivity contribution in [1.29, 1.82) is 0 Å². The second-order valence-corrected chi connectivity index (χ2v) is 6.79. The van der Waals surface area contributed by atoms with Crippen LogP contribution in [0.1, 0.15) is 17.3 Å². The van der Waals surface area contributed by atoms with Crippen LogP contribution in [0.4, 0.5) is 0 Å². The van der Waals surface area contributed by atoms with Gasteiger partial charge in [0.1, 0.15) is 5.69 Å². The third-order valence-electron chi connectivity index (χ3n) is 5.15. The molecule has 3 aromatic rings. The molecule has 1 aromatic heterocycles. The molecule has 0 bridgehead atoms. The van der Waals surface area contributed by atoms with Gasteiger partial charge >= 0.3 is 0 Å². The van der Waals surface area contributed by atoms with Crippen molar-refractivity contribution in [3.05, 3.63) is 71.9 Å². The second kappa shape index (κ2) is 6.10. The van der Waals surface area contributed by atoms with Crippen molar-refractivity contribution in [2.45, 2.75) is 25.3 Å². The number of fused-ring (bicyclic) bond motifs is 3. The van der Waals surface area contributed by atoms with Gasteiger partial charge in [0.25, 0.3) is 0 Å². The first-order chi connectivity index (χ1) is 12.4. The van der Waals surface area contributed by atoms with Crippen molar-refractivity contribution in [1.82, 2.24) is 19.9 Å². The number of nitrogens with zero attached hydrogens (tertiary/aromatic N) is 4. The van der Waals surface area contributed by atoms with Gasteiger partial charge in [-0.1, -0.05) is 65.9 Å². The van der Waals surface area contributed by atoms with Gasteiger partial charge in [0.2, 0.25) is 0 Å². The third-order valence-corrected chi connectivity index (χ3v) is 5.15. The van der Waals surface area contributed by atoms with Crippen LogP contribution in [0.5, 0.6) is 0 Å². The average Bonchev–Trinajstić information content (AvgIpc) is 3.26. The molecule has 2 atom stereocenters. The molecular formula is C20H20N4O. The molecule has 0 saturated carbocycles. The quantitative estimate of drug-likeness (QED) is 0.740. The van der Waals surface area contributed by atoms with E-state index in [4.69, 9.17) is 4.74 Å². The normalized spacial score (nSPS) is 22.6. The van der Waals surface area contributed by atoms with Crippen molar-refractivity contribution in [3.63, 3.8) is 0 Å². The van der Waals surface area contributed by atoms with Crippen molar-refractivity contribution in [2.75, 3.05) is 13.1 Å². The lowest BCUT2D eigenvalue weighted by molar-refractivity contribution is -0.00494. The molecule has 0 aliphatic carbocycles. The molecule has 0 amide bonds. The summed E-state index contributed by atoms with van der Waals surface area (Å²) < 4.78 is 8.27. The molecule has 2 aromatic carbocycles. The van der Waals surface area contributed by atoms with Crippen LogP contribution in [0.3, 0.4) is 0 Å². The number of rotatable bonds is 3. The Labute approximate surface area is 146 Å². The van der Waals surface area contributed by atoms with E-state index in [1.54, 1.807) is 0 Å². The zero-order valence-electron chi connectivity index (χ0n) is 14.0. The summed E-state index contributed by atoms with van der Waals surface area (Å²) in [6, 6.07) is 21.1. The summed E-state index contributed by atoms with van der Waals surface area (Å²) in [5, 5.41) is 8.93. The molecule has 5 rings (SSSR count). The lowest BCUT2D eigenvalue weighted by Crippen LogP contribution is -2.32. The maximum absolute atomic E-state index is 6.17. The summed E-state index contributed by atoms with van der Waals surface area (Å²) in [6.45, 7) is 3.42. The van der Waals surface area contributed by atoms with Crippen LogP contribution in [0.15, 0.2) is 60.7 Å². The summed E-state index contributed by atoms with van der Waals surface area (Å²) in [4.78, 5) is 2.45. The lowest BCUT2D eigenvalue weighted by atomic mass is 10.1. The molecule has 2 aliphatic rings. The summed E-state index contributed by atoms with van der Waals surface area (Å²) in [7, 11) is 0. The van der Waals surface area contributed by atoms with Gasteiger partial charge in [0.15, 0.2) is 0 Å². The van der Waals surface area contributed by atoms with Crippen LogP contribution < -0.4 is 0 Å². The molecule has 5 heteroatoms. The average molecular weight is 332 g/mol. The molecule has 2 unspecified atom stereocenters. The molecule has 2 aliphatic heterocycles.